The highest BCUT2D eigenvalue weighted by Gasteiger charge is 2.40. The second-order valence-electron chi connectivity index (χ2n) is 7.65. The molecule has 1 N–H and O–H groups in total. The molecule has 0 bridgehead atoms. The van der Waals surface area contributed by atoms with Crippen molar-refractivity contribution in [3.8, 4) is 0 Å². The Labute approximate surface area is 143 Å². The largest absolute Gasteiger partial charge is 0.353 e. The van der Waals surface area contributed by atoms with Gasteiger partial charge in [0.15, 0.2) is 0 Å². The number of nitrogens with zero attached hydrogens (tertiary/aromatic N) is 3. The molecule has 2 aliphatic rings. The van der Waals surface area contributed by atoms with E-state index in [0.717, 1.165) is 31.4 Å². The fourth-order valence-corrected chi connectivity index (χ4v) is 4.01. The Morgan fingerprint density at radius 1 is 1.29 bits per heavy atom. The molecule has 2 amide bonds. The smallest absolute Gasteiger partial charge is 0.257 e. The maximum absolute atomic E-state index is 12.8. The number of amides is 2. The molecule has 6 heteroatoms. The Hall–Kier alpha value is -1.85. The van der Waals surface area contributed by atoms with E-state index in [1.165, 1.54) is 12.8 Å². The van der Waals surface area contributed by atoms with E-state index in [-0.39, 0.29) is 11.8 Å². The number of hydrogen-bond donors (Lipinski definition) is 1. The van der Waals surface area contributed by atoms with E-state index < -0.39 is 5.41 Å². The van der Waals surface area contributed by atoms with Gasteiger partial charge in [0.1, 0.15) is 0 Å². The van der Waals surface area contributed by atoms with E-state index in [2.05, 4.69) is 10.4 Å². The topological polar surface area (TPSA) is 67.2 Å². The lowest BCUT2D eigenvalue weighted by Crippen LogP contribution is -2.53. The number of aryl methyl sites for hydroxylation is 2. The van der Waals surface area contributed by atoms with Gasteiger partial charge >= 0.3 is 0 Å². The lowest BCUT2D eigenvalue weighted by molar-refractivity contribution is -0.133. The summed E-state index contributed by atoms with van der Waals surface area (Å²) in [4.78, 5) is 27.4. The highest BCUT2D eigenvalue weighted by atomic mass is 16.2. The fraction of sp³-hybridized carbons (Fsp3) is 0.722. The van der Waals surface area contributed by atoms with Gasteiger partial charge in [-0.2, -0.15) is 5.10 Å². The molecule has 6 nitrogen and oxygen atoms in total. The van der Waals surface area contributed by atoms with Crippen molar-refractivity contribution >= 4 is 11.8 Å². The van der Waals surface area contributed by atoms with E-state index in [1.807, 2.05) is 25.8 Å². The number of likely N-dealkylation sites (tertiary alicyclic amines) is 1. The maximum Gasteiger partial charge on any atom is 0.257 e. The molecule has 0 aromatic carbocycles. The quantitative estimate of drug-likeness (QED) is 0.921. The second kappa shape index (κ2) is 6.57. The summed E-state index contributed by atoms with van der Waals surface area (Å²) in [7, 11) is 1.82. The molecule has 1 saturated heterocycles. The number of aromatic nitrogens is 2. The SMILES string of the molecule is Cc1nn(C)cc1C(=O)N1CCCC(C)(C(=O)NC2CCCC2)C1. The summed E-state index contributed by atoms with van der Waals surface area (Å²) < 4.78 is 1.67. The van der Waals surface area contributed by atoms with Crippen molar-refractivity contribution < 1.29 is 9.59 Å². The third-order valence-electron chi connectivity index (χ3n) is 5.47. The summed E-state index contributed by atoms with van der Waals surface area (Å²) in [5.74, 6) is 0.0926. The van der Waals surface area contributed by atoms with Crippen molar-refractivity contribution in [1.82, 2.24) is 20.0 Å². The second-order valence-corrected chi connectivity index (χ2v) is 7.65. The molecule has 2 fully saturated rings. The van der Waals surface area contributed by atoms with E-state index in [9.17, 15) is 9.59 Å². The van der Waals surface area contributed by atoms with Gasteiger partial charge in [-0.25, -0.2) is 0 Å². The molecule has 3 rings (SSSR count). The molecule has 132 valence electrons. The van der Waals surface area contributed by atoms with Crippen LogP contribution in [0.4, 0.5) is 0 Å². The zero-order valence-electron chi connectivity index (χ0n) is 15.0. The standard InChI is InChI=1S/C18H28N4O2/c1-13-15(11-21(3)20-13)16(23)22-10-6-9-18(2,12-22)17(24)19-14-7-4-5-8-14/h11,14H,4-10,12H2,1-3H3,(H,19,24). The van der Waals surface area contributed by atoms with Crippen molar-refractivity contribution in [2.75, 3.05) is 13.1 Å². The van der Waals surface area contributed by atoms with Crippen LogP contribution in [-0.4, -0.2) is 45.6 Å². The summed E-state index contributed by atoms with van der Waals surface area (Å²) in [5, 5.41) is 7.47. The predicted molar refractivity (Wildman–Crippen MR) is 91.6 cm³/mol. The van der Waals surface area contributed by atoms with Crippen LogP contribution in [0.5, 0.6) is 0 Å². The van der Waals surface area contributed by atoms with Crippen LogP contribution in [0.3, 0.4) is 0 Å². The average Bonchev–Trinajstić information content (AvgIpc) is 3.16. The molecule has 1 atom stereocenters. The van der Waals surface area contributed by atoms with Crippen LogP contribution < -0.4 is 5.32 Å². The van der Waals surface area contributed by atoms with Crippen LogP contribution in [-0.2, 0) is 11.8 Å². The first kappa shape index (κ1) is 17.0. The molecule has 1 aliphatic heterocycles. The van der Waals surface area contributed by atoms with Gasteiger partial charge in [0.2, 0.25) is 5.91 Å². The number of rotatable bonds is 3. The van der Waals surface area contributed by atoms with E-state index >= 15 is 0 Å². The van der Waals surface area contributed by atoms with Crippen molar-refractivity contribution in [3.05, 3.63) is 17.5 Å². The third-order valence-corrected chi connectivity index (χ3v) is 5.47. The number of piperidine rings is 1. The van der Waals surface area contributed by atoms with Crippen molar-refractivity contribution in [1.29, 1.82) is 0 Å². The molecule has 1 unspecified atom stereocenters. The molecule has 24 heavy (non-hydrogen) atoms. The molecule has 1 aromatic rings. The third kappa shape index (κ3) is 3.32. The first-order chi connectivity index (χ1) is 11.4. The van der Waals surface area contributed by atoms with Gasteiger partial charge in [0.05, 0.1) is 16.7 Å². The Morgan fingerprint density at radius 3 is 2.62 bits per heavy atom. The number of hydrogen-bond acceptors (Lipinski definition) is 3. The normalized spacial score (nSPS) is 25.0. The van der Waals surface area contributed by atoms with E-state index in [0.29, 0.717) is 24.7 Å². The van der Waals surface area contributed by atoms with Crippen LogP contribution >= 0.6 is 0 Å². The molecule has 0 spiro atoms. The molecular weight excluding hydrogens is 304 g/mol. The monoisotopic (exact) mass is 332 g/mol. The lowest BCUT2D eigenvalue weighted by atomic mass is 9.80. The first-order valence-corrected chi connectivity index (χ1v) is 8.99. The van der Waals surface area contributed by atoms with Gasteiger partial charge in [-0.15, -0.1) is 0 Å². The molecule has 1 saturated carbocycles. The van der Waals surface area contributed by atoms with Crippen molar-refractivity contribution in [2.45, 2.75) is 58.4 Å². The number of carbonyl (C=O) groups is 2. The zero-order valence-corrected chi connectivity index (χ0v) is 15.0. The number of carbonyl (C=O) groups excluding carboxylic acids is 2. The van der Waals surface area contributed by atoms with E-state index in [1.54, 1.807) is 10.9 Å². The summed E-state index contributed by atoms with van der Waals surface area (Å²) in [6.45, 7) is 5.04. The Morgan fingerprint density at radius 2 is 2.00 bits per heavy atom. The summed E-state index contributed by atoms with van der Waals surface area (Å²) in [6.07, 6.45) is 8.03. The Kier molecular flexibility index (Phi) is 4.65. The van der Waals surface area contributed by atoms with Crippen LogP contribution in [0.1, 0.15) is 61.5 Å². The van der Waals surface area contributed by atoms with Gasteiger partial charge in [0.25, 0.3) is 5.91 Å². The van der Waals surface area contributed by atoms with Crippen molar-refractivity contribution in [2.24, 2.45) is 12.5 Å². The Balaban J connectivity index is 1.69. The first-order valence-electron chi connectivity index (χ1n) is 8.99. The highest BCUT2D eigenvalue weighted by Crippen LogP contribution is 2.31. The minimum Gasteiger partial charge on any atom is -0.353 e. The van der Waals surface area contributed by atoms with Gasteiger partial charge in [0, 0.05) is 32.4 Å². The van der Waals surface area contributed by atoms with Gasteiger partial charge in [-0.1, -0.05) is 12.8 Å². The fourth-order valence-electron chi connectivity index (χ4n) is 4.01. The van der Waals surface area contributed by atoms with Gasteiger partial charge < -0.3 is 10.2 Å². The molecule has 2 heterocycles. The van der Waals surface area contributed by atoms with Crippen molar-refractivity contribution in [3.63, 3.8) is 0 Å². The van der Waals surface area contributed by atoms with Crippen LogP contribution in [0, 0.1) is 12.3 Å². The minimum atomic E-state index is -0.493. The maximum atomic E-state index is 12.8. The van der Waals surface area contributed by atoms with Gasteiger partial charge in [-0.05, 0) is 39.5 Å². The summed E-state index contributed by atoms with van der Waals surface area (Å²) in [5.41, 5.74) is 0.884. The van der Waals surface area contributed by atoms with Gasteiger partial charge in [-0.3, -0.25) is 14.3 Å². The number of nitrogens with one attached hydrogen (secondary N) is 1. The summed E-state index contributed by atoms with van der Waals surface area (Å²) >= 11 is 0. The Bertz CT molecular complexity index is 633. The minimum absolute atomic E-state index is 0.0137. The van der Waals surface area contributed by atoms with Crippen LogP contribution in [0.25, 0.3) is 0 Å². The molecule has 1 aliphatic carbocycles. The molecule has 0 radical (unpaired) electrons. The highest BCUT2D eigenvalue weighted by molar-refractivity contribution is 5.95. The molecular formula is C18H28N4O2. The molecule has 1 aromatic heterocycles. The van der Waals surface area contributed by atoms with Crippen LogP contribution in [0.2, 0.25) is 0 Å². The van der Waals surface area contributed by atoms with E-state index in [4.69, 9.17) is 0 Å². The lowest BCUT2D eigenvalue weighted by Gasteiger charge is -2.39. The predicted octanol–water partition coefficient (Wildman–Crippen LogP) is 2.03. The summed E-state index contributed by atoms with van der Waals surface area (Å²) in [6, 6.07) is 0.320. The zero-order chi connectivity index (χ0) is 17.3. The average molecular weight is 332 g/mol. The van der Waals surface area contributed by atoms with Crippen LogP contribution in [0.15, 0.2) is 6.20 Å².